The molecular formula is C13H16ClN3O2S. The Morgan fingerprint density at radius 2 is 2.30 bits per heavy atom. The first-order valence-electron chi connectivity index (χ1n) is 5.89. The third-order valence-corrected chi connectivity index (χ3v) is 2.67. The average molecular weight is 314 g/mol. The van der Waals surface area contributed by atoms with Crippen LogP contribution in [0.15, 0.2) is 36.9 Å². The number of carbonyl (C=O) groups excluding carboxylic acids is 1. The third kappa shape index (κ3) is 5.90. The van der Waals surface area contributed by atoms with Crippen molar-refractivity contribution in [2.24, 2.45) is 0 Å². The highest BCUT2D eigenvalue weighted by atomic mass is 35.5. The SMILES string of the molecule is C=CCNC(=S)NNC(=O)[C@H](C)Oc1cccc(Cl)c1. The van der Waals surface area contributed by atoms with Gasteiger partial charge in [0, 0.05) is 11.6 Å². The molecule has 0 fully saturated rings. The Labute approximate surface area is 128 Å². The maximum absolute atomic E-state index is 11.8. The Morgan fingerprint density at radius 3 is 2.95 bits per heavy atom. The topological polar surface area (TPSA) is 62.4 Å². The summed E-state index contributed by atoms with van der Waals surface area (Å²) < 4.78 is 5.45. The number of amides is 1. The molecule has 0 bridgehead atoms. The maximum Gasteiger partial charge on any atom is 0.279 e. The summed E-state index contributed by atoms with van der Waals surface area (Å²) in [5.74, 6) is 0.167. The van der Waals surface area contributed by atoms with Gasteiger partial charge in [-0.05, 0) is 37.3 Å². The van der Waals surface area contributed by atoms with Crippen molar-refractivity contribution in [1.29, 1.82) is 0 Å². The molecule has 1 amide bonds. The number of carbonyl (C=O) groups is 1. The van der Waals surface area contributed by atoms with E-state index in [0.29, 0.717) is 22.4 Å². The van der Waals surface area contributed by atoms with Crippen LogP contribution in [0.3, 0.4) is 0 Å². The maximum atomic E-state index is 11.8. The van der Waals surface area contributed by atoms with Crippen LogP contribution in [-0.2, 0) is 4.79 Å². The number of nitrogens with one attached hydrogen (secondary N) is 3. The number of thiocarbonyl (C=S) groups is 1. The van der Waals surface area contributed by atoms with Crippen LogP contribution in [-0.4, -0.2) is 23.7 Å². The minimum atomic E-state index is -0.692. The number of hydrogen-bond donors (Lipinski definition) is 3. The zero-order valence-corrected chi connectivity index (χ0v) is 12.6. The molecular weight excluding hydrogens is 298 g/mol. The van der Waals surface area contributed by atoms with Gasteiger partial charge in [-0.1, -0.05) is 23.7 Å². The number of hydrogen-bond acceptors (Lipinski definition) is 3. The van der Waals surface area contributed by atoms with Crippen molar-refractivity contribution >= 4 is 34.8 Å². The van der Waals surface area contributed by atoms with E-state index in [1.54, 1.807) is 37.3 Å². The molecule has 1 aromatic carbocycles. The fraction of sp³-hybridized carbons (Fsp3) is 0.231. The number of benzene rings is 1. The fourth-order valence-electron chi connectivity index (χ4n) is 1.23. The molecule has 0 aliphatic carbocycles. The average Bonchev–Trinajstić information content (AvgIpc) is 2.42. The molecule has 1 rings (SSSR count). The molecule has 108 valence electrons. The van der Waals surface area contributed by atoms with E-state index < -0.39 is 6.10 Å². The summed E-state index contributed by atoms with van der Waals surface area (Å²) in [4.78, 5) is 11.8. The first kappa shape index (κ1) is 16.3. The molecule has 0 spiro atoms. The van der Waals surface area contributed by atoms with E-state index in [0.717, 1.165) is 0 Å². The van der Waals surface area contributed by atoms with E-state index in [2.05, 4.69) is 22.7 Å². The van der Waals surface area contributed by atoms with E-state index in [4.69, 9.17) is 28.6 Å². The van der Waals surface area contributed by atoms with E-state index in [1.165, 1.54) is 0 Å². The number of rotatable bonds is 5. The van der Waals surface area contributed by atoms with Gasteiger partial charge in [0.15, 0.2) is 11.2 Å². The summed E-state index contributed by atoms with van der Waals surface area (Å²) >= 11 is 10.8. The highest BCUT2D eigenvalue weighted by Crippen LogP contribution is 2.18. The second-order valence-electron chi connectivity index (χ2n) is 3.83. The van der Waals surface area contributed by atoms with Gasteiger partial charge in [0.05, 0.1) is 0 Å². The predicted molar refractivity (Wildman–Crippen MR) is 83.6 cm³/mol. The van der Waals surface area contributed by atoms with Crippen molar-refractivity contribution in [2.45, 2.75) is 13.0 Å². The summed E-state index contributed by atoms with van der Waals surface area (Å²) in [6.45, 7) is 5.68. The van der Waals surface area contributed by atoms with Gasteiger partial charge in [-0.15, -0.1) is 6.58 Å². The van der Waals surface area contributed by atoms with Crippen molar-refractivity contribution in [3.8, 4) is 5.75 Å². The Hall–Kier alpha value is -1.79. The molecule has 1 atom stereocenters. The van der Waals surface area contributed by atoms with Crippen LogP contribution in [0, 0.1) is 0 Å². The predicted octanol–water partition coefficient (Wildman–Crippen LogP) is 1.79. The highest BCUT2D eigenvalue weighted by molar-refractivity contribution is 7.80. The van der Waals surface area contributed by atoms with Crippen molar-refractivity contribution < 1.29 is 9.53 Å². The number of halogens is 1. The summed E-state index contributed by atoms with van der Waals surface area (Å²) in [6, 6.07) is 6.83. The van der Waals surface area contributed by atoms with Crippen LogP contribution >= 0.6 is 23.8 Å². The van der Waals surface area contributed by atoms with Crippen molar-refractivity contribution in [2.75, 3.05) is 6.54 Å². The van der Waals surface area contributed by atoms with E-state index >= 15 is 0 Å². The lowest BCUT2D eigenvalue weighted by atomic mass is 10.3. The van der Waals surface area contributed by atoms with Crippen molar-refractivity contribution in [3.05, 3.63) is 41.9 Å². The first-order valence-corrected chi connectivity index (χ1v) is 6.68. The smallest absolute Gasteiger partial charge is 0.279 e. The molecule has 1 aromatic rings. The molecule has 0 saturated heterocycles. The highest BCUT2D eigenvalue weighted by Gasteiger charge is 2.14. The Bertz CT molecular complexity index is 496. The van der Waals surface area contributed by atoms with Crippen LogP contribution < -0.4 is 20.9 Å². The number of hydrazine groups is 1. The Balaban J connectivity index is 2.39. The molecule has 5 nitrogen and oxygen atoms in total. The molecule has 0 unspecified atom stereocenters. The largest absolute Gasteiger partial charge is 0.481 e. The van der Waals surface area contributed by atoms with Gasteiger partial charge in [-0.25, -0.2) is 0 Å². The van der Waals surface area contributed by atoms with Gasteiger partial charge in [0.25, 0.3) is 5.91 Å². The minimum Gasteiger partial charge on any atom is -0.481 e. The van der Waals surface area contributed by atoms with E-state index in [1.807, 2.05) is 0 Å². The van der Waals surface area contributed by atoms with Crippen LogP contribution in [0.1, 0.15) is 6.92 Å². The Kier molecular flexibility index (Phi) is 6.83. The third-order valence-electron chi connectivity index (χ3n) is 2.18. The summed E-state index contributed by atoms with van der Waals surface area (Å²) in [5.41, 5.74) is 5.00. The summed E-state index contributed by atoms with van der Waals surface area (Å²) in [7, 11) is 0. The van der Waals surface area contributed by atoms with Gasteiger partial charge in [-0.2, -0.15) is 0 Å². The molecule has 7 heteroatoms. The molecule has 0 aliphatic heterocycles. The van der Waals surface area contributed by atoms with E-state index in [9.17, 15) is 4.79 Å². The van der Waals surface area contributed by atoms with Crippen LogP contribution in [0.2, 0.25) is 5.02 Å². The molecule has 0 saturated carbocycles. The lowest BCUT2D eigenvalue weighted by Crippen LogP contribution is -2.50. The van der Waals surface area contributed by atoms with Gasteiger partial charge in [0.1, 0.15) is 5.75 Å². The zero-order valence-electron chi connectivity index (χ0n) is 11.0. The molecule has 0 heterocycles. The van der Waals surface area contributed by atoms with E-state index in [-0.39, 0.29) is 5.91 Å². The lowest BCUT2D eigenvalue weighted by Gasteiger charge is -2.16. The molecule has 3 N–H and O–H groups in total. The van der Waals surface area contributed by atoms with Crippen molar-refractivity contribution in [1.82, 2.24) is 16.2 Å². The van der Waals surface area contributed by atoms with Gasteiger partial charge >= 0.3 is 0 Å². The first-order chi connectivity index (χ1) is 9.52. The summed E-state index contributed by atoms with van der Waals surface area (Å²) in [6.07, 6.45) is 0.962. The van der Waals surface area contributed by atoms with Crippen LogP contribution in [0.25, 0.3) is 0 Å². The van der Waals surface area contributed by atoms with Crippen molar-refractivity contribution in [3.63, 3.8) is 0 Å². The van der Waals surface area contributed by atoms with Crippen LogP contribution in [0.5, 0.6) is 5.75 Å². The molecule has 0 radical (unpaired) electrons. The monoisotopic (exact) mass is 313 g/mol. The molecule has 20 heavy (non-hydrogen) atoms. The Morgan fingerprint density at radius 1 is 1.55 bits per heavy atom. The number of ether oxygens (including phenoxy) is 1. The minimum absolute atomic E-state index is 0.299. The quantitative estimate of drug-likeness (QED) is 0.439. The van der Waals surface area contributed by atoms with Gasteiger partial charge < -0.3 is 10.1 Å². The molecule has 0 aromatic heterocycles. The second-order valence-corrected chi connectivity index (χ2v) is 4.68. The second kappa shape index (κ2) is 8.39. The van der Waals surface area contributed by atoms with Gasteiger partial charge in [0.2, 0.25) is 0 Å². The van der Waals surface area contributed by atoms with Crippen LogP contribution in [0.4, 0.5) is 0 Å². The standard InChI is InChI=1S/C13H16ClN3O2S/c1-3-7-15-13(20)17-16-12(18)9(2)19-11-6-4-5-10(14)8-11/h3-6,8-9H,1,7H2,2H3,(H,16,18)(H2,15,17,20)/t9-/m0/s1. The molecule has 0 aliphatic rings. The lowest BCUT2D eigenvalue weighted by molar-refractivity contribution is -0.127. The summed E-state index contributed by atoms with van der Waals surface area (Å²) in [5, 5.41) is 3.66. The zero-order chi connectivity index (χ0) is 15.0. The fourth-order valence-corrected chi connectivity index (χ4v) is 1.54. The normalized spacial score (nSPS) is 11.1. The van der Waals surface area contributed by atoms with Gasteiger partial charge in [-0.3, -0.25) is 15.6 Å².